The molecule has 1 aliphatic rings. The molecule has 4 nitrogen and oxygen atoms in total. The fourth-order valence-electron chi connectivity index (χ4n) is 1.12. The molecule has 1 fully saturated rings. The highest BCUT2D eigenvalue weighted by molar-refractivity contribution is 5.19. The predicted octanol–water partition coefficient (Wildman–Crippen LogP) is 0.660. The zero-order chi connectivity index (χ0) is 7.68. The zero-order valence-electron chi connectivity index (χ0n) is 6.40. The second kappa shape index (κ2) is 2.53. The third-order valence-electron chi connectivity index (χ3n) is 1.99. The van der Waals surface area contributed by atoms with Crippen LogP contribution in [0.2, 0.25) is 0 Å². The Kier molecular flexibility index (Phi) is 1.52. The van der Waals surface area contributed by atoms with Crippen molar-refractivity contribution in [2.75, 3.05) is 5.73 Å². The van der Waals surface area contributed by atoms with E-state index in [-0.39, 0.29) is 0 Å². The lowest BCUT2D eigenvalue weighted by Crippen LogP contribution is -2.03. The Morgan fingerprint density at radius 3 is 3.00 bits per heavy atom. The van der Waals surface area contributed by atoms with Crippen LogP contribution in [0.4, 0.5) is 5.82 Å². The fourth-order valence-corrected chi connectivity index (χ4v) is 1.12. The van der Waals surface area contributed by atoms with E-state index in [0.29, 0.717) is 5.82 Å². The Hall–Kier alpha value is -1.06. The van der Waals surface area contributed by atoms with Crippen molar-refractivity contribution in [1.29, 1.82) is 0 Å². The molecule has 0 amide bonds. The Morgan fingerprint density at radius 1 is 1.64 bits per heavy atom. The van der Waals surface area contributed by atoms with Gasteiger partial charge in [-0.05, 0) is 12.3 Å². The van der Waals surface area contributed by atoms with Crippen LogP contribution in [0.5, 0.6) is 0 Å². The molecule has 4 heteroatoms. The van der Waals surface area contributed by atoms with Gasteiger partial charge in [-0.15, -0.1) is 5.10 Å². The first-order valence-electron chi connectivity index (χ1n) is 4.00. The summed E-state index contributed by atoms with van der Waals surface area (Å²) in [4.78, 5) is 1.67. The highest BCUT2D eigenvalue weighted by Gasteiger charge is 2.20. The lowest BCUT2D eigenvalue weighted by atomic mass is 10.3. The normalized spacial score (nSPS) is 17.1. The first-order valence-corrected chi connectivity index (χ1v) is 4.00. The van der Waals surface area contributed by atoms with E-state index in [2.05, 4.69) is 10.2 Å². The second-order valence-corrected chi connectivity index (χ2v) is 3.10. The minimum Gasteiger partial charge on any atom is -0.381 e. The maximum atomic E-state index is 5.41. The molecule has 2 N–H and O–H groups in total. The molecule has 1 aromatic rings. The number of aromatic nitrogens is 3. The summed E-state index contributed by atoms with van der Waals surface area (Å²) < 4.78 is 0. The van der Waals surface area contributed by atoms with Crippen molar-refractivity contribution in [2.24, 2.45) is 5.92 Å². The SMILES string of the molecule is Nc1cnn(CCC2CC2)n1. The third-order valence-corrected chi connectivity index (χ3v) is 1.99. The summed E-state index contributed by atoms with van der Waals surface area (Å²) in [7, 11) is 0. The van der Waals surface area contributed by atoms with Gasteiger partial charge < -0.3 is 5.73 Å². The van der Waals surface area contributed by atoms with Crippen molar-refractivity contribution < 1.29 is 0 Å². The molecule has 1 saturated carbocycles. The van der Waals surface area contributed by atoms with Gasteiger partial charge in [0.1, 0.15) is 0 Å². The van der Waals surface area contributed by atoms with E-state index in [4.69, 9.17) is 5.73 Å². The number of anilines is 1. The second-order valence-electron chi connectivity index (χ2n) is 3.10. The first kappa shape index (κ1) is 6.64. The average molecular weight is 152 g/mol. The highest BCUT2D eigenvalue weighted by Crippen LogP contribution is 2.32. The third kappa shape index (κ3) is 1.69. The number of nitrogen functional groups attached to an aromatic ring is 1. The Balaban J connectivity index is 1.85. The van der Waals surface area contributed by atoms with E-state index in [1.807, 2.05) is 0 Å². The van der Waals surface area contributed by atoms with Crippen LogP contribution in [0, 0.1) is 5.92 Å². The van der Waals surface area contributed by atoms with Gasteiger partial charge in [0.15, 0.2) is 5.82 Å². The largest absolute Gasteiger partial charge is 0.381 e. The summed E-state index contributed by atoms with van der Waals surface area (Å²) in [5.74, 6) is 1.45. The van der Waals surface area contributed by atoms with Crippen molar-refractivity contribution in [1.82, 2.24) is 15.0 Å². The molecule has 1 aliphatic carbocycles. The molecular formula is C7H12N4. The van der Waals surface area contributed by atoms with Crippen molar-refractivity contribution in [3.63, 3.8) is 0 Å². The Morgan fingerprint density at radius 2 is 2.45 bits per heavy atom. The van der Waals surface area contributed by atoms with Crippen molar-refractivity contribution in [2.45, 2.75) is 25.8 Å². The topological polar surface area (TPSA) is 56.7 Å². The molecule has 2 rings (SSSR count). The molecule has 0 unspecified atom stereocenters. The summed E-state index contributed by atoms with van der Waals surface area (Å²) in [6.45, 7) is 0.919. The number of nitrogens with two attached hydrogens (primary N) is 1. The van der Waals surface area contributed by atoms with Gasteiger partial charge in [0.25, 0.3) is 0 Å². The summed E-state index contributed by atoms with van der Waals surface area (Å²) in [6, 6.07) is 0. The number of aryl methyl sites for hydroxylation is 1. The van der Waals surface area contributed by atoms with Gasteiger partial charge in [0.2, 0.25) is 0 Å². The maximum absolute atomic E-state index is 5.41. The van der Waals surface area contributed by atoms with Crippen LogP contribution in [0.1, 0.15) is 19.3 Å². The monoisotopic (exact) mass is 152 g/mol. The number of hydrogen-bond acceptors (Lipinski definition) is 3. The van der Waals surface area contributed by atoms with Gasteiger partial charge in [0.05, 0.1) is 12.7 Å². The molecule has 11 heavy (non-hydrogen) atoms. The summed E-state index contributed by atoms with van der Waals surface area (Å²) >= 11 is 0. The molecule has 60 valence electrons. The minimum absolute atomic E-state index is 0.515. The van der Waals surface area contributed by atoms with Crippen molar-refractivity contribution in [3.8, 4) is 0 Å². The van der Waals surface area contributed by atoms with Crippen LogP contribution in [-0.4, -0.2) is 15.0 Å². The van der Waals surface area contributed by atoms with Crippen LogP contribution in [0.3, 0.4) is 0 Å². The standard InChI is InChI=1S/C7H12N4/c8-7-5-9-11(10-7)4-3-6-1-2-6/h5-6H,1-4H2,(H2,8,10). The van der Waals surface area contributed by atoms with E-state index < -0.39 is 0 Å². The molecule has 0 aliphatic heterocycles. The molecule has 0 atom stereocenters. The van der Waals surface area contributed by atoms with Crippen LogP contribution >= 0.6 is 0 Å². The first-order chi connectivity index (χ1) is 5.34. The quantitative estimate of drug-likeness (QED) is 0.692. The van der Waals surface area contributed by atoms with Crippen LogP contribution in [0.25, 0.3) is 0 Å². The highest BCUT2D eigenvalue weighted by atomic mass is 15.5. The fraction of sp³-hybridized carbons (Fsp3) is 0.714. The van der Waals surface area contributed by atoms with E-state index in [1.165, 1.54) is 19.3 Å². The smallest absolute Gasteiger partial charge is 0.165 e. The maximum Gasteiger partial charge on any atom is 0.165 e. The summed E-state index contributed by atoms with van der Waals surface area (Å²) in [5.41, 5.74) is 5.41. The van der Waals surface area contributed by atoms with E-state index >= 15 is 0 Å². The molecule has 1 aromatic heterocycles. The van der Waals surface area contributed by atoms with Crippen LogP contribution in [-0.2, 0) is 6.54 Å². The van der Waals surface area contributed by atoms with Gasteiger partial charge in [-0.25, -0.2) is 0 Å². The lowest BCUT2D eigenvalue weighted by Gasteiger charge is -1.95. The summed E-state index contributed by atoms with van der Waals surface area (Å²) in [6.07, 6.45) is 5.56. The Labute approximate surface area is 65.4 Å². The minimum atomic E-state index is 0.515. The molecule has 0 saturated heterocycles. The number of nitrogens with zero attached hydrogens (tertiary/aromatic N) is 3. The molecular weight excluding hydrogens is 140 g/mol. The molecule has 0 aromatic carbocycles. The average Bonchev–Trinajstić information content (AvgIpc) is 2.72. The van der Waals surface area contributed by atoms with Crippen molar-refractivity contribution >= 4 is 5.82 Å². The predicted molar refractivity (Wildman–Crippen MR) is 41.8 cm³/mol. The molecule has 0 spiro atoms. The van der Waals surface area contributed by atoms with Crippen LogP contribution < -0.4 is 5.73 Å². The molecule has 0 bridgehead atoms. The van der Waals surface area contributed by atoms with Gasteiger partial charge in [-0.1, -0.05) is 12.8 Å². The zero-order valence-corrected chi connectivity index (χ0v) is 6.40. The van der Waals surface area contributed by atoms with Gasteiger partial charge in [-0.2, -0.15) is 9.90 Å². The molecule has 1 heterocycles. The summed E-state index contributed by atoms with van der Waals surface area (Å²) in [5, 5.41) is 7.99. The molecule has 0 radical (unpaired) electrons. The van der Waals surface area contributed by atoms with Crippen molar-refractivity contribution in [3.05, 3.63) is 6.20 Å². The number of hydrogen-bond donors (Lipinski definition) is 1. The van der Waals surface area contributed by atoms with E-state index in [9.17, 15) is 0 Å². The van der Waals surface area contributed by atoms with Gasteiger partial charge in [-0.3, -0.25) is 0 Å². The van der Waals surface area contributed by atoms with E-state index in [0.717, 1.165) is 12.5 Å². The van der Waals surface area contributed by atoms with Gasteiger partial charge >= 0.3 is 0 Å². The Bertz CT molecular complexity index is 238. The lowest BCUT2D eigenvalue weighted by molar-refractivity contribution is 0.491. The van der Waals surface area contributed by atoms with Crippen LogP contribution in [0.15, 0.2) is 6.20 Å². The number of rotatable bonds is 3. The van der Waals surface area contributed by atoms with Gasteiger partial charge in [0, 0.05) is 0 Å². The van der Waals surface area contributed by atoms with E-state index in [1.54, 1.807) is 11.0 Å².